The second kappa shape index (κ2) is 6.04. The summed E-state index contributed by atoms with van der Waals surface area (Å²) in [5.41, 5.74) is 1.13. The second-order valence-electron chi connectivity index (χ2n) is 4.34. The van der Waals surface area contributed by atoms with E-state index in [0.29, 0.717) is 11.4 Å². The van der Waals surface area contributed by atoms with Crippen molar-refractivity contribution >= 4 is 17.6 Å². The number of nitrogens with zero attached hydrogens (tertiary/aromatic N) is 1. The third kappa shape index (κ3) is 3.17. The smallest absolute Gasteiger partial charge is 0.338 e. The van der Waals surface area contributed by atoms with Crippen molar-refractivity contribution in [2.75, 3.05) is 12.4 Å². The zero-order chi connectivity index (χ0) is 15.4. The molecule has 0 aliphatic rings. The molecule has 0 saturated carbocycles. The van der Waals surface area contributed by atoms with Gasteiger partial charge in [0.05, 0.1) is 12.7 Å². The molecule has 1 aromatic heterocycles. The van der Waals surface area contributed by atoms with Crippen molar-refractivity contribution in [3.05, 3.63) is 53.3 Å². The van der Waals surface area contributed by atoms with Crippen molar-refractivity contribution < 1.29 is 19.4 Å². The Balaban J connectivity index is 2.26. The van der Waals surface area contributed by atoms with Crippen LogP contribution in [-0.2, 0) is 0 Å². The number of carbonyl (C=O) groups is 2. The van der Waals surface area contributed by atoms with E-state index in [1.807, 2.05) is 6.92 Å². The number of ether oxygens (including phenoxy) is 1. The van der Waals surface area contributed by atoms with E-state index in [2.05, 4.69) is 10.3 Å². The summed E-state index contributed by atoms with van der Waals surface area (Å²) in [6.45, 7) is 1.85. The summed E-state index contributed by atoms with van der Waals surface area (Å²) < 4.78 is 5.14. The molecule has 0 bridgehead atoms. The largest absolute Gasteiger partial charge is 0.496 e. The van der Waals surface area contributed by atoms with E-state index >= 15 is 0 Å². The summed E-state index contributed by atoms with van der Waals surface area (Å²) in [6.07, 6.45) is 1.38. The van der Waals surface area contributed by atoms with Gasteiger partial charge in [-0.3, -0.25) is 9.78 Å². The van der Waals surface area contributed by atoms with Gasteiger partial charge in [0.15, 0.2) is 0 Å². The minimum Gasteiger partial charge on any atom is -0.496 e. The number of rotatable bonds is 4. The van der Waals surface area contributed by atoms with Crippen molar-refractivity contribution in [2.45, 2.75) is 6.92 Å². The number of hydrogen-bond donors (Lipinski definition) is 2. The molecule has 0 aliphatic carbocycles. The standard InChI is InChI=1S/C15H14N2O4/c1-9-8-10(5-6-12(9)21-2)17-14(18)13-11(15(19)20)4-3-7-16-13/h3-8H,1-2H3,(H,17,18)(H,19,20). The van der Waals surface area contributed by atoms with Crippen LogP contribution in [0.3, 0.4) is 0 Å². The molecule has 0 saturated heterocycles. The number of methoxy groups -OCH3 is 1. The number of nitrogens with one attached hydrogen (secondary N) is 1. The fourth-order valence-corrected chi connectivity index (χ4v) is 1.91. The fraction of sp³-hybridized carbons (Fsp3) is 0.133. The lowest BCUT2D eigenvalue weighted by Crippen LogP contribution is -2.18. The maximum atomic E-state index is 12.1. The number of benzene rings is 1. The molecule has 2 aromatic rings. The van der Waals surface area contributed by atoms with E-state index in [9.17, 15) is 9.59 Å². The van der Waals surface area contributed by atoms with Crippen LogP contribution in [0.4, 0.5) is 5.69 Å². The van der Waals surface area contributed by atoms with Crippen LogP contribution in [-0.4, -0.2) is 29.1 Å². The van der Waals surface area contributed by atoms with Gasteiger partial charge < -0.3 is 15.2 Å². The third-order valence-corrected chi connectivity index (χ3v) is 2.91. The van der Waals surface area contributed by atoms with Gasteiger partial charge in [-0.1, -0.05) is 0 Å². The van der Waals surface area contributed by atoms with Crippen molar-refractivity contribution in [3.8, 4) is 5.75 Å². The maximum Gasteiger partial charge on any atom is 0.338 e. The average Bonchev–Trinajstić information content (AvgIpc) is 2.47. The van der Waals surface area contributed by atoms with Crippen LogP contribution < -0.4 is 10.1 Å². The first-order chi connectivity index (χ1) is 10.0. The summed E-state index contributed by atoms with van der Waals surface area (Å²) >= 11 is 0. The predicted molar refractivity (Wildman–Crippen MR) is 76.9 cm³/mol. The maximum absolute atomic E-state index is 12.1. The Morgan fingerprint density at radius 2 is 2.05 bits per heavy atom. The van der Waals surface area contributed by atoms with Crippen LogP contribution in [0.1, 0.15) is 26.4 Å². The Kier molecular flexibility index (Phi) is 4.18. The molecular weight excluding hydrogens is 272 g/mol. The van der Waals surface area contributed by atoms with Gasteiger partial charge in [0, 0.05) is 11.9 Å². The van der Waals surface area contributed by atoms with Crippen molar-refractivity contribution in [1.82, 2.24) is 4.98 Å². The zero-order valence-electron chi connectivity index (χ0n) is 11.6. The molecule has 2 N–H and O–H groups in total. The summed E-state index contributed by atoms with van der Waals surface area (Å²) in [4.78, 5) is 27.1. The first-order valence-electron chi connectivity index (χ1n) is 6.17. The van der Waals surface area contributed by atoms with Gasteiger partial charge in [0.1, 0.15) is 11.4 Å². The van der Waals surface area contributed by atoms with Gasteiger partial charge >= 0.3 is 5.97 Å². The molecule has 2 rings (SSSR count). The molecule has 0 radical (unpaired) electrons. The first kappa shape index (κ1) is 14.5. The number of hydrogen-bond acceptors (Lipinski definition) is 4. The molecule has 1 amide bonds. The highest BCUT2D eigenvalue weighted by atomic mass is 16.5. The molecular formula is C15H14N2O4. The highest BCUT2D eigenvalue weighted by Crippen LogP contribution is 2.22. The van der Waals surface area contributed by atoms with Gasteiger partial charge in [-0.2, -0.15) is 0 Å². The highest BCUT2D eigenvalue weighted by Gasteiger charge is 2.17. The molecule has 0 spiro atoms. The normalized spacial score (nSPS) is 10.0. The highest BCUT2D eigenvalue weighted by molar-refractivity contribution is 6.09. The van der Waals surface area contributed by atoms with E-state index in [0.717, 1.165) is 5.56 Å². The Labute approximate surface area is 121 Å². The van der Waals surface area contributed by atoms with E-state index in [-0.39, 0.29) is 11.3 Å². The Morgan fingerprint density at radius 1 is 1.29 bits per heavy atom. The Hall–Kier alpha value is -2.89. The minimum atomic E-state index is -1.20. The summed E-state index contributed by atoms with van der Waals surface area (Å²) in [5.74, 6) is -1.06. The number of aromatic carboxylic acids is 1. The number of aryl methyl sites for hydroxylation is 1. The Morgan fingerprint density at radius 3 is 2.67 bits per heavy atom. The lowest BCUT2D eigenvalue weighted by molar-refractivity contribution is 0.0691. The van der Waals surface area contributed by atoms with Crippen LogP contribution in [0.15, 0.2) is 36.5 Å². The zero-order valence-corrected chi connectivity index (χ0v) is 11.6. The molecule has 6 heteroatoms. The number of aromatic nitrogens is 1. The minimum absolute atomic E-state index is 0.126. The number of carboxylic acids is 1. The SMILES string of the molecule is COc1ccc(NC(=O)c2ncccc2C(=O)O)cc1C. The van der Waals surface area contributed by atoms with Gasteiger partial charge in [0.25, 0.3) is 5.91 Å². The molecule has 0 unspecified atom stereocenters. The van der Waals surface area contributed by atoms with Crippen LogP contribution >= 0.6 is 0 Å². The third-order valence-electron chi connectivity index (χ3n) is 2.91. The van der Waals surface area contributed by atoms with E-state index in [1.165, 1.54) is 18.3 Å². The molecule has 6 nitrogen and oxygen atoms in total. The molecule has 108 valence electrons. The molecule has 1 aromatic carbocycles. The van der Waals surface area contributed by atoms with Gasteiger partial charge in [-0.05, 0) is 42.8 Å². The fourth-order valence-electron chi connectivity index (χ4n) is 1.91. The molecule has 0 aliphatic heterocycles. The number of carboxylic acid groups (broad SMARTS) is 1. The summed E-state index contributed by atoms with van der Waals surface area (Å²) in [7, 11) is 1.56. The van der Waals surface area contributed by atoms with Crippen molar-refractivity contribution in [3.63, 3.8) is 0 Å². The summed E-state index contributed by atoms with van der Waals surface area (Å²) in [5, 5.41) is 11.7. The Bertz CT molecular complexity index is 698. The van der Waals surface area contributed by atoms with E-state index in [4.69, 9.17) is 9.84 Å². The van der Waals surface area contributed by atoms with Crippen molar-refractivity contribution in [2.24, 2.45) is 0 Å². The number of carbonyl (C=O) groups excluding carboxylic acids is 1. The second-order valence-corrected chi connectivity index (χ2v) is 4.34. The first-order valence-corrected chi connectivity index (χ1v) is 6.17. The monoisotopic (exact) mass is 286 g/mol. The number of pyridine rings is 1. The predicted octanol–water partition coefficient (Wildman–Crippen LogP) is 2.35. The van der Waals surface area contributed by atoms with Gasteiger partial charge in [-0.25, -0.2) is 4.79 Å². The average molecular weight is 286 g/mol. The molecule has 1 heterocycles. The van der Waals surface area contributed by atoms with Crippen molar-refractivity contribution in [1.29, 1.82) is 0 Å². The van der Waals surface area contributed by atoms with Crippen LogP contribution in [0.2, 0.25) is 0 Å². The van der Waals surface area contributed by atoms with Crippen LogP contribution in [0.5, 0.6) is 5.75 Å². The van der Waals surface area contributed by atoms with Gasteiger partial charge in [-0.15, -0.1) is 0 Å². The number of anilines is 1. The van der Waals surface area contributed by atoms with E-state index < -0.39 is 11.9 Å². The molecule has 0 atom stereocenters. The lowest BCUT2D eigenvalue weighted by Gasteiger charge is -2.09. The molecule has 0 fully saturated rings. The van der Waals surface area contributed by atoms with Crippen LogP contribution in [0, 0.1) is 6.92 Å². The molecule has 21 heavy (non-hydrogen) atoms. The topological polar surface area (TPSA) is 88.5 Å². The van der Waals surface area contributed by atoms with E-state index in [1.54, 1.807) is 25.3 Å². The number of amides is 1. The lowest BCUT2D eigenvalue weighted by atomic mass is 10.1. The van der Waals surface area contributed by atoms with Crippen LogP contribution in [0.25, 0.3) is 0 Å². The van der Waals surface area contributed by atoms with Gasteiger partial charge in [0.2, 0.25) is 0 Å². The quantitative estimate of drug-likeness (QED) is 0.900. The summed E-state index contributed by atoms with van der Waals surface area (Å²) in [6, 6.07) is 7.94.